The Morgan fingerprint density at radius 1 is 0.971 bits per heavy atom. The zero-order valence-electron chi connectivity index (χ0n) is 19.2. The summed E-state index contributed by atoms with van der Waals surface area (Å²) in [6.07, 6.45) is -3.20. The minimum absolute atomic E-state index is 0.0909. The molecule has 3 amide bonds. The van der Waals surface area contributed by atoms with E-state index < -0.39 is 41.2 Å². The van der Waals surface area contributed by atoms with Crippen molar-refractivity contribution in [2.24, 2.45) is 0 Å². The van der Waals surface area contributed by atoms with Crippen LogP contribution < -0.4 is 5.32 Å². The Morgan fingerprint density at radius 2 is 1.66 bits per heavy atom. The monoisotopic (exact) mass is 491 g/mol. The first-order chi connectivity index (χ1) is 16.5. The number of para-hydroxylation sites is 1. The summed E-state index contributed by atoms with van der Waals surface area (Å²) in [4.78, 5) is 28.7. The van der Waals surface area contributed by atoms with Gasteiger partial charge in [-0.1, -0.05) is 24.3 Å². The number of anilines is 1. The fourth-order valence-electron chi connectivity index (χ4n) is 3.39. The molecule has 0 aliphatic carbocycles. The average molecular weight is 491 g/mol. The molecule has 1 aromatic heterocycles. The van der Waals surface area contributed by atoms with Crippen LogP contribution in [0.5, 0.6) is 0 Å². The molecule has 6 nitrogen and oxygen atoms in total. The molecular weight excluding hydrogens is 466 g/mol. The quantitative estimate of drug-likeness (QED) is 0.399. The molecule has 1 N–H and O–H groups in total. The third-order valence-electron chi connectivity index (χ3n) is 5.23. The van der Waals surface area contributed by atoms with Crippen molar-refractivity contribution in [3.8, 4) is 0 Å². The molecule has 0 fully saturated rings. The second kappa shape index (κ2) is 11.1. The molecule has 2 aromatic carbocycles. The van der Waals surface area contributed by atoms with Gasteiger partial charge in [-0.25, -0.2) is 9.18 Å². The minimum atomic E-state index is -4.66. The van der Waals surface area contributed by atoms with Crippen LogP contribution in [0.25, 0.3) is 0 Å². The van der Waals surface area contributed by atoms with Crippen molar-refractivity contribution in [1.82, 2.24) is 9.80 Å². The fraction of sp³-hybridized carbons (Fsp3) is 0.280. The number of furan rings is 1. The summed E-state index contributed by atoms with van der Waals surface area (Å²) in [5, 5.41) is 2.28. The molecule has 0 saturated heterocycles. The fourth-order valence-corrected chi connectivity index (χ4v) is 3.39. The van der Waals surface area contributed by atoms with Gasteiger partial charge in [-0.05, 0) is 55.8 Å². The van der Waals surface area contributed by atoms with Gasteiger partial charge in [0.05, 0.1) is 24.1 Å². The van der Waals surface area contributed by atoms with Crippen molar-refractivity contribution in [2.75, 3.05) is 11.9 Å². The number of nitrogens with one attached hydrogen (secondary N) is 1. The van der Waals surface area contributed by atoms with E-state index in [0.717, 1.165) is 17.0 Å². The second-order valence-corrected chi connectivity index (χ2v) is 8.15. The molecule has 10 heteroatoms. The second-order valence-electron chi connectivity index (χ2n) is 8.15. The Kier molecular flexibility index (Phi) is 8.16. The predicted octanol–water partition coefficient (Wildman–Crippen LogP) is 5.91. The van der Waals surface area contributed by atoms with Crippen LogP contribution in [0.2, 0.25) is 0 Å². The molecule has 186 valence electrons. The van der Waals surface area contributed by atoms with Crippen molar-refractivity contribution in [2.45, 2.75) is 39.2 Å². The zero-order chi connectivity index (χ0) is 25.6. The van der Waals surface area contributed by atoms with E-state index in [4.69, 9.17) is 4.42 Å². The number of alkyl halides is 3. The highest BCUT2D eigenvalue weighted by atomic mass is 19.4. The number of halogens is 4. The number of carbonyl (C=O) groups excluding carboxylic acids is 2. The van der Waals surface area contributed by atoms with Crippen LogP contribution >= 0.6 is 0 Å². The smallest absolute Gasteiger partial charge is 0.418 e. The van der Waals surface area contributed by atoms with E-state index >= 15 is 0 Å². The van der Waals surface area contributed by atoms with Gasteiger partial charge in [0.2, 0.25) is 5.91 Å². The molecule has 0 unspecified atom stereocenters. The van der Waals surface area contributed by atoms with Crippen molar-refractivity contribution in [1.29, 1.82) is 0 Å². The number of carbonyl (C=O) groups is 2. The summed E-state index contributed by atoms with van der Waals surface area (Å²) in [7, 11) is 0. The Bertz CT molecular complexity index is 1130. The Labute approximate surface area is 200 Å². The molecule has 0 aliphatic heterocycles. The molecule has 0 radical (unpaired) electrons. The molecule has 3 rings (SSSR count). The summed E-state index contributed by atoms with van der Waals surface area (Å²) >= 11 is 0. The van der Waals surface area contributed by atoms with E-state index in [1.54, 1.807) is 38.1 Å². The summed E-state index contributed by atoms with van der Waals surface area (Å²) < 4.78 is 58.6. The Hall–Kier alpha value is -3.82. The number of rotatable bonds is 8. The zero-order valence-corrected chi connectivity index (χ0v) is 19.2. The molecule has 0 spiro atoms. The lowest BCUT2D eigenvalue weighted by molar-refractivity contribution is -0.137. The topological polar surface area (TPSA) is 65.8 Å². The number of benzene rings is 2. The van der Waals surface area contributed by atoms with Crippen LogP contribution in [0, 0.1) is 5.82 Å². The lowest BCUT2D eigenvalue weighted by atomic mass is 10.1. The standard InChI is InChI=1S/C25H25F4N3O3/c1-17(2)32(24(34)30-22-8-4-3-7-21(22)25(27,28)29)16-23(33)31(15-20-6-5-13-35-20)14-18-9-11-19(26)12-10-18/h3-13,17H,14-16H2,1-2H3,(H,30,34). The van der Waals surface area contributed by atoms with E-state index in [1.807, 2.05) is 0 Å². The lowest BCUT2D eigenvalue weighted by Gasteiger charge is -2.30. The highest BCUT2D eigenvalue weighted by Gasteiger charge is 2.34. The van der Waals surface area contributed by atoms with Gasteiger partial charge < -0.3 is 19.5 Å². The van der Waals surface area contributed by atoms with Crippen molar-refractivity contribution in [3.63, 3.8) is 0 Å². The molecule has 0 aliphatic rings. The summed E-state index contributed by atoms with van der Waals surface area (Å²) in [5.41, 5.74) is -0.730. The first-order valence-electron chi connectivity index (χ1n) is 10.8. The molecule has 0 atom stereocenters. The van der Waals surface area contributed by atoms with Gasteiger partial charge in [-0.15, -0.1) is 0 Å². The summed E-state index contributed by atoms with van der Waals surface area (Å²) in [6, 6.07) is 12.3. The summed E-state index contributed by atoms with van der Waals surface area (Å²) in [5.74, 6) is -0.377. The van der Waals surface area contributed by atoms with Crippen LogP contribution in [-0.4, -0.2) is 34.3 Å². The van der Waals surface area contributed by atoms with E-state index in [2.05, 4.69) is 5.32 Å². The van der Waals surface area contributed by atoms with E-state index in [0.29, 0.717) is 11.3 Å². The van der Waals surface area contributed by atoms with Gasteiger partial charge in [0, 0.05) is 12.6 Å². The van der Waals surface area contributed by atoms with E-state index in [-0.39, 0.29) is 19.6 Å². The molecular formula is C25H25F4N3O3. The van der Waals surface area contributed by atoms with Crippen LogP contribution in [0.3, 0.4) is 0 Å². The minimum Gasteiger partial charge on any atom is -0.467 e. The van der Waals surface area contributed by atoms with Gasteiger partial charge >= 0.3 is 12.2 Å². The molecule has 35 heavy (non-hydrogen) atoms. The molecule has 3 aromatic rings. The third kappa shape index (κ3) is 7.08. The number of amides is 3. The van der Waals surface area contributed by atoms with Crippen LogP contribution in [0.15, 0.2) is 71.3 Å². The van der Waals surface area contributed by atoms with Gasteiger partial charge in [-0.3, -0.25) is 4.79 Å². The lowest BCUT2D eigenvalue weighted by Crippen LogP contribution is -2.47. The highest BCUT2D eigenvalue weighted by molar-refractivity contribution is 5.93. The maximum absolute atomic E-state index is 13.3. The Morgan fingerprint density at radius 3 is 2.26 bits per heavy atom. The number of hydrogen-bond donors (Lipinski definition) is 1. The van der Waals surface area contributed by atoms with Crippen LogP contribution in [0.4, 0.5) is 28.0 Å². The maximum atomic E-state index is 13.3. The van der Waals surface area contributed by atoms with Crippen molar-refractivity contribution in [3.05, 3.63) is 89.6 Å². The van der Waals surface area contributed by atoms with Crippen LogP contribution in [-0.2, 0) is 24.1 Å². The van der Waals surface area contributed by atoms with E-state index in [9.17, 15) is 27.2 Å². The van der Waals surface area contributed by atoms with Gasteiger partial charge in [0.15, 0.2) is 0 Å². The first-order valence-corrected chi connectivity index (χ1v) is 10.8. The van der Waals surface area contributed by atoms with Crippen molar-refractivity contribution < 1.29 is 31.6 Å². The van der Waals surface area contributed by atoms with Gasteiger partial charge in [0.1, 0.15) is 18.1 Å². The molecule has 0 saturated carbocycles. The van der Waals surface area contributed by atoms with Crippen LogP contribution in [0.1, 0.15) is 30.7 Å². The number of hydrogen-bond acceptors (Lipinski definition) is 3. The van der Waals surface area contributed by atoms with Gasteiger partial charge in [-0.2, -0.15) is 13.2 Å². The predicted molar refractivity (Wildman–Crippen MR) is 122 cm³/mol. The SMILES string of the molecule is CC(C)N(CC(=O)N(Cc1ccc(F)cc1)Cc1ccco1)C(=O)Nc1ccccc1C(F)(F)F. The van der Waals surface area contributed by atoms with E-state index in [1.165, 1.54) is 35.4 Å². The largest absolute Gasteiger partial charge is 0.467 e. The highest BCUT2D eigenvalue weighted by Crippen LogP contribution is 2.34. The third-order valence-corrected chi connectivity index (χ3v) is 5.23. The van der Waals surface area contributed by atoms with Gasteiger partial charge in [0.25, 0.3) is 0 Å². The van der Waals surface area contributed by atoms with Crippen molar-refractivity contribution >= 4 is 17.6 Å². The summed E-state index contributed by atoms with van der Waals surface area (Å²) in [6.45, 7) is 3.12. The molecule has 1 heterocycles. The normalized spacial score (nSPS) is 11.4. The number of nitrogens with zero attached hydrogens (tertiary/aromatic N) is 2. The number of urea groups is 1. The average Bonchev–Trinajstić information content (AvgIpc) is 3.31. The Balaban J connectivity index is 1.79. The maximum Gasteiger partial charge on any atom is 0.418 e. The first kappa shape index (κ1) is 25.8. The molecule has 0 bridgehead atoms.